The van der Waals surface area contributed by atoms with Crippen LogP contribution in [-0.2, 0) is 12.5 Å². The zero-order valence-corrected chi connectivity index (χ0v) is 12.8. The van der Waals surface area contributed by atoms with E-state index >= 15 is 0 Å². The summed E-state index contributed by atoms with van der Waals surface area (Å²) in [5.41, 5.74) is 5.02. The van der Waals surface area contributed by atoms with Gasteiger partial charge in [0.05, 0.1) is 6.10 Å². The summed E-state index contributed by atoms with van der Waals surface area (Å²) < 4.78 is 18.0. The van der Waals surface area contributed by atoms with Gasteiger partial charge in [0.25, 0.3) is 0 Å². The monoisotopic (exact) mass is 381 g/mol. The third-order valence-corrected chi connectivity index (χ3v) is 3.78. The van der Waals surface area contributed by atoms with Gasteiger partial charge < -0.3 is 18.3 Å². The third-order valence-electron chi connectivity index (χ3n) is 3.19. The first kappa shape index (κ1) is 14.7. The lowest BCUT2D eigenvalue weighted by molar-refractivity contribution is -0.0533. The highest BCUT2D eigenvalue weighted by atomic mass is 127. The number of hydrogen-bond donors (Lipinski definition) is 1. The van der Waals surface area contributed by atoms with E-state index < -0.39 is 11.9 Å². The quantitative estimate of drug-likeness (QED) is 0.780. The Kier molecular flexibility index (Phi) is 4.76. The molecule has 19 heavy (non-hydrogen) atoms. The molecule has 106 valence electrons. The first-order chi connectivity index (χ1) is 9.12. The van der Waals surface area contributed by atoms with E-state index in [-0.39, 0.29) is 24.1 Å². The van der Waals surface area contributed by atoms with E-state index in [0.717, 1.165) is 6.42 Å². The molecule has 1 fully saturated rings. The van der Waals surface area contributed by atoms with Gasteiger partial charge >= 0.3 is 5.69 Å². The van der Waals surface area contributed by atoms with Crippen LogP contribution in [0.25, 0.3) is 0 Å². The minimum absolute atomic E-state index is 0.128. The second-order valence-electron chi connectivity index (χ2n) is 4.27. The van der Waals surface area contributed by atoms with Gasteiger partial charge in [0.2, 0.25) is 0 Å². The van der Waals surface area contributed by atoms with Gasteiger partial charge in [-0.15, -0.1) is 0 Å². The highest BCUT2D eigenvalue weighted by molar-refractivity contribution is 14.1. The Morgan fingerprint density at radius 3 is 2.84 bits per heavy atom. The van der Waals surface area contributed by atoms with E-state index in [1.54, 1.807) is 19.4 Å². The third kappa shape index (κ3) is 2.76. The first-order valence-corrected chi connectivity index (χ1v) is 6.80. The van der Waals surface area contributed by atoms with E-state index in [4.69, 9.17) is 18.3 Å². The fraction of sp³-hybridized carbons (Fsp3) is 0.636. The van der Waals surface area contributed by atoms with Crippen molar-refractivity contribution in [2.75, 3.05) is 12.8 Å². The van der Waals surface area contributed by atoms with Gasteiger partial charge in [-0.25, -0.2) is 4.79 Å². The van der Waals surface area contributed by atoms with E-state index in [1.807, 2.05) is 29.9 Å². The Morgan fingerprint density at radius 2 is 2.32 bits per heavy atom. The van der Waals surface area contributed by atoms with Crippen LogP contribution in [0, 0.1) is 0 Å². The van der Waals surface area contributed by atoms with Gasteiger partial charge in [0.1, 0.15) is 41.0 Å². The molecule has 1 saturated heterocycles. The molecule has 0 radical (unpaired) electrons. The van der Waals surface area contributed by atoms with Gasteiger partial charge in [0, 0.05) is 13.3 Å². The fourth-order valence-electron chi connectivity index (χ4n) is 2.24. The van der Waals surface area contributed by atoms with Crippen LogP contribution in [0.1, 0.15) is 19.6 Å². The SMILES string of the molecule is CC[C@H]1O[C@@H](n2ccc(N)nc2=O)C(OC)C1OI. The van der Waals surface area contributed by atoms with E-state index in [0.29, 0.717) is 0 Å². The molecule has 2 heterocycles. The minimum Gasteiger partial charge on any atom is -0.383 e. The minimum atomic E-state index is -0.560. The van der Waals surface area contributed by atoms with Crippen molar-refractivity contribution in [3.63, 3.8) is 0 Å². The van der Waals surface area contributed by atoms with Crippen molar-refractivity contribution >= 4 is 28.8 Å². The summed E-state index contributed by atoms with van der Waals surface area (Å²) in [5, 5.41) is 0. The number of rotatable bonds is 4. The summed E-state index contributed by atoms with van der Waals surface area (Å²) in [7, 11) is 1.57. The molecule has 1 aromatic rings. The van der Waals surface area contributed by atoms with Crippen molar-refractivity contribution in [3.05, 3.63) is 22.7 Å². The molecule has 0 aromatic carbocycles. The van der Waals surface area contributed by atoms with Crippen molar-refractivity contribution in [2.24, 2.45) is 0 Å². The molecule has 1 aromatic heterocycles. The zero-order valence-electron chi connectivity index (χ0n) is 10.7. The normalized spacial score (nSPS) is 30.7. The molecule has 2 rings (SSSR count). The Morgan fingerprint density at radius 1 is 1.58 bits per heavy atom. The Balaban J connectivity index is 2.35. The summed E-state index contributed by atoms with van der Waals surface area (Å²) in [6.07, 6.45) is 1.03. The summed E-state index contributed by atoms with van der Waals surface area (Å²) >= 11 is 1.83. The molecule has 2 N–H and O–H groups in total. The number of anilines is 1. The molecule has 0 saturated carbocycles. The molecule has 0 amide bonds. The van der Waals surface area contributed by atoms with Gasteiger partial charge in [-0.05, 0) is 12.5 Å². The van der Waals surface area contributed by atoms with E-state index in [1.165, 1.54) is 4.57 Å². The molecular formula is C11H16IN3O4. The summed E-state index contributed by atoms with van der Waals surface area (Å²) in [6.45, 7) is 1.99. The predicted octanol–water partition coefficient (Wildman–Crippen LogP) is 0.883. The molecule has 0 aliphatic carbocycles. The van der Waals surface area contributed by atoms with Crippen LogP contribution < -0.4 is 11.4 Å². The van der Waals surface area contributed by atoms with E-state index in [9.17, 15) is 4.79 Å². The molecule has 1 aliphatic heterocycles. The lowest BCUT2D eigenvalue weighted by Crippen LogP contribution is -2.37. The van der Waals surface area contributed by atoms with Gasteiger partial charge in [-0.1, -0.05) is 6.92 Å². The number of nitrogens with zero attached hydrogens (tertiary/aromatic N) is 2. The van der Waals surface area contributed by atoms with Gasteiger partial charge in [0.15, 0.2) is 6.23 Å². The van der Waals surface area contributed by atoms with Crippen molar-refractivity contribution in [2.45, 2.75) is 37.9 Å². The van der Waals surface area contributed by atoms with Crippen molar-refractivity contribution in [1.82, 2.24) is 9.55 Å². The van der Waals surface area contributed by atoms with E-state index in [2.05, 4.69) is 4.98 Å². The van der Waals surface area contributed by atoms with Crippen LogP contribution >= 0.6 is 23.0 Å². The summed E-state index contributed by atoms with van der Waals surface area (Å²) in [5.74, 6) is 0.182. The average Bonchev–Trinajstić information content (AvgIpc) is 2.76. The summed E-state index contributed by atoms with van der Waals surface area (Å²) in [6, 6.07) is 1.55. The topological polar surface area (TPSA) is 88.6 Å². The highest BCUT2D eigenvalue weighted by Gasteiger charge is 2.46. The van der Waals surface area contributed by atoms with Crippen LogP contribution in [0.15, 0.2) is 17.1 Å². The standard InChI is InChI=1S/C11H16IN3O4/c1-3-6-8(19-12)9(17-2)10(18-6)15-5-4-7(13)14-11(15)16/h4-6,8-10H,3H2,1-2H3,(H2,13,14,16)/t6-,8?,9?,10-/m1/s1. The summed E-state index contributed by atoms with van der Waals surface area (Å²) in [4.78, 5) is 15.6. The second-order valence-corrected chi connectivity index (χ2v) is 4.78. The second kappa shape index (κ2) is 6.16. The lowest BCUT2D eigenvalue weighted by atomic mass is 10.1. The van der Waals surface area contributed by atoms with Crippen LogP contribution in [0.4, 0.5) is 5.82 Å². The van der Waals surface area contributed by atoms with Crippen molar-refractivity contribution in [1.29, 1.82) is 0 Å². The van der Waals surface area contributed by atoms with Crippen LogP contribution in [0.3, 0.4) is 0 Å². The number of nitrogen functional groups attached to an aromatic ring is 1. The predicted molar refractivity (Wildman–Crippen MR) is 76.8 cm³/mol. The average molecular weight is 381 g/mol. The van der Waals surface area contributed by atoms with Gasteiger partial charge in [-0.3, -0.25) is 4.57 Å². The molecule has 4 atom stereocenters. The Bertz CT molecular complexity index is 495. The largest absolute Gasteiger partial charge is 0.383 e. The molecule has 1 aliphatic rings. The smallest absolute Gasteiger partial charge is 0.351 e. The molecule has 8 heteroatoms. The van der Waals surface area contributed by atoms with Crippen LogP contribution in [0.2, 0.25) is 0 Å². The lowest BCUT2D eigenvalue weighted by Gasteiger charge is -2.21. The number of ether oxygens (including phenoxy) is 2. The van der Waals surface area contributed by atoms with Crippen LogP contribution in [-0.4, -0.2) is 35.0 Å². The number of halogens is 1. The number of methoxy groups -OCH3 is 1. The molecule has 0 bridgehead atoms. The first-order valence-electron chi connectivity index (χ1n) is 5.92. The molecule has 0 spiro atoms. The Labute approximate surface area is 124 Å². The molecular weight excluding hydrogens is 365 g/mol. The van der Waals surface area contributed by atoms with Crippen molar-refractivity contribution in [3.8, 4) is 0 Å². The fourth-order valence-corrected chi connectivity index (χ4v) is 2.86. The van der Waals surface area contributed by atoms with Gasteiger partial charge in [-0.2, -0.15) is 4.98 Å². The number of hydrogen-bond acceptors (Lipinski definition) is 6. The van der Waals surface area contributed by atoms with Crippen molar-refractivity contribution < 1.29 is 12.5 Å². The number of aromatic nitrogens is 2. The molecule has 2 unspecified atom stereocenters. The zero-order chi connectivity index (χ0) is 14.0. The number of nitrogens with two attached hydrogens (primary N) is 1. The maximum Gasteiger partial charge on any atom is 0.351 e. The van der Waals surface area contributed by atoms with Crippen LogP contribution in [0.5, 0.6) is 0 Å². The highest BCUT2D eigenvalue weighted by Crippen LogP contribution is 2.34. The maximum atomic E-state index is 11.9. The maximum absolute atomic E-state index is 11.9. The molecule has 7 nitrogen and oxygen atoms in total. The Hall–Kier alpha value is -0.710.